The van der Waals surface area contributed by atoms with Crippen LogP contribution in [0.15, 0.2) is 12.1 Å². The lowest BCUT2D eigenvalue weighted by Gasteiger charge is -2.08. The molecule has 1 rings (SSSR count). The Morgan fingerprint density at radius 1 is 1.53 bits per heavy atom. The normalized spacial score (nSPS) is 9.53. The summed E-state index contributed by atoms with van der Waals surface area (Å²) in [7, 11) is 1.47. The summed E-state index contributed by atoms with van der Waals surface area (Å²) >= 11 is 5.89. The molecule has 0 aliphatic rings. The van der Waals surface area contributed by atoms with Gasteiger partial charge in [-0.1, -0.05) is 11.6 Å². The van der Waals surface area contributed by atoms with Crippen LogP contribution in [0, 0.1) is 11.3 Å². The molecule has 17 heavy (non-hydrogen) atoms. The third-order valence-electron chi connectivity index (χ3n) is 2.14. The van der Waals surface area contributed by atoms with E-state index >= 15 is 0 Å². The van der Waals surface area contributed by atoms with Crippen LogP contribution in [0.25, 0.3) is 0 Å². The number of hydrogen-bond donors (Lipinski definition) is 0. The van der Waals surface area contributed by atoms with Gasteiger partial charge >= 0.3 is 5.97 Å². The van der Waals surface area contributed by atoms with Crippen molar-refractivity contribution in [1.29, 1.82) is 5.26 Å². The molecule has 0 atom stereocenters. The fourth-order valence-electron chi connectivity index (χ4n) is 1.37. The number of ether oxygens (including phenoxy) is 2. The monoisotopic (exact) mass is 253 g/mol. The standard InChI is InChI=1S/C12H12ClNO3/c1-3-17-12(15)6-8-5-11(16-2)10(13)4-9(8)7-14/h4-5H,3,6H2,1-2H3. The summed E-state index contributed by atoms with van der Waals surface area (Å²) in [4.78, 5) is 11.4. The molecule has 0 radical (unpaired) electrons. The van der Waals surface area contributed by atoms with Crippen LogP contribution < -0.4 is 4.74 Å². The molecule has 0 saturated heterocycles. The van der Waals surface area contributed by atoms with E-state index in [1.807, 2.05) is 6.07 Å². The fourth-order valence-corrected chi connectivity index (χ4v) is 1.61. The second kappa shape index (κ2) is 6.12. The average molecular weight is 254 g/mol. The maximum absolute atomic E-state index is 11.4. The molecule has 0 N–H and O–H groups in total. The van der Waals surface area contributed by atoms with Crippen LogP contribution in [-0.4, -0.2) is 19.7 Å². The summed E-state index contributed by atoms with van der Waals surface area (Å²) in [5, 5.41) is 9.29. The van der Waals surface area contributed by atoms with Crippen molar-refractivity contribution in [2.45, 2.75) is 13.3 Å². The Bertz CT molecular complexity index is 466. The summed E-state index contributed by atoms with van der Waals surface area (Å²) in [6.07, 6.45) is 0.0320. The van der Waals surface area contributed by atoms with Crippen LogP contribution in [0.2, 0.25) is 5.02 Å². The van der Waals surface area contributed by atoms with Crippen LogP contribution in [-0.2, 0) is 16.0 Å². The minimum Gasteiger partial charge on any atom is -0.495 e. The zero-order valence-electron chi connectivity index (χ0n) is 9.62. The maximum Gasteiger partial charge on any atom is 0.310 e. The van der Waals surface area contributed by atoms with Crippen LogP contribution in [0.5, 0.6) is 5.75 Å². The van der Waals surface area contributed by atoms with Crippen molar-refractivity contribution in [1.82, 2.24) is 0 Å². The highest BCUT2D eigenvalue weighted by Gasteiger charge is 2.13. The first-order valence-electron chi connectivity index (χ1n) is 5.04. The van der Waals surface area contributed by atoms with Gasteiger partial charge in [-0.15, -0.1) is 0 Å². The SMILES string of the molecule is CCOC(=O)Cc1cc(OC)c(Cl)cc1C#N. The predicted molar refractivity (Wildman–Crippen MR) is 63.1 cm³/mol. The minimum absolute atomic E-state index is 0.0320. The first-order chi connectivity index (χ1) is 8.12. The lowest BCUT2D eigenvalue weighted by Crippen LogP contribution is -2.09. The van der Waals surface area contributed by atoms with Gasteiger partial charge in [-0.2, -0.15) is 5.26 Å². The molecule has 0 aromatic heterocycles. The molecule has 0 saturated carbocycles. The van der Waals surface area contributed by atoms with E-state index < -0.39 is 0 Å². The predicted octanol–water partition coefficient (Wildman–Crippen LogP) is 2.33. The summed E-state index contributed by atoms with van der Waals surface area (Å²) in [6, 6.07) is 5.05. The number of carbonyl (C=O) groups is 1. The van der Waals surface area contributed by atoms with Crippen molar-refractivity contribution in [3.05, 3.63) is 28.3 Å². The highest BCUT2D eigenvalue weighted by molar-refractivity contribution is 6.32. The number of rotatable bonds is 4. The zero-order chi connectivity index (χ0) is 12.8. The molecule has 5 heteroatoms. The number of halogens is 1. The van der Waals surface area contributed by atoms with Gasteiger partial charge in [-0.3, -0.25) is 4.79 Å². The number of nitrogens with zero attached hydrogens (tertiary/aromatic N) is 1. The average Bonchev–Trinajstić information content (AvgIpc) is 2.31. The maximum atomic E-state index is 11.4. The van der Waals surface area contributed by atoms with E-state index in [0.717, 1.165) is 0 Å². The Hall–Kier alpha value is -1.73. The van der Waals surface area contributed by atoms with E-state index in [1.165, 1.54) is 13.2 Å². The summed E-state index contributed by atoms with van der Waals surface area (Å²) in [5.41, 5.74) is 0.899. The van der Waals surface area contributed by atoms with Gasteiger partial charge in [0.25, 0.3) is 0 Å². The minimum atomic E-state index is -0.381. The van der Waals surface area contributed by atoms with Crippen LogP contribution in [0.4, 0.5) is 0 Å². The van der Waals surface area contributed by atoms with Crippen LogP contribution in [0.3, 0.4) is 0 Å². The summed E-state index contributed by atoms with van der Waals surface area (Å²) in [5.74, 6) is 0.0540. The molecule has 0 heterocycles. The molecule has 1 aromatic rings. The molecule has 90 valence electrons. The molecule has 0 bridgehead atoms. The van der Waals surface area contributed by atoms with Crippen molar-refractivity contribution in [3.63, 3.8) is 0 Å². The molecule has 4 nitrogen and oxygen atoms in total. The number of methoxy groups -OCH3 is 1. The third kappa shape index (κ3) is 3.36. The third-order valence-corrected chi connectivity index (χ3v) is 2.43. The quantitative estimate of drug-likeness (QED) is 0.773. The Morgan fingerprint density at radius 3 is 2.76 bits per heavy atom. The second-order valence-corrected chi connectivity index (χ2v) is 3.64. The van der Waals surface area contributed by atoms with Gasteiger partial charge in [0.05, 0.1) is 36.8 Å². The largest absolute Gasteiger partial charge is 0.495 e. The van der Waals surface area contributed by atoms with Crippen molar-refractivity contribution >= 4 is 17.6 Å². The molecule has 0 spiro atoms. The van der Waals surface area contributed by atoms with Gasteiger partial charge in [0.15, 0.2) is 0 Å². The fraction of sp³-hybridized carbons (Fsp3) is 0.333. The van der Waals surface area contributed by atoms with Crippen molar-refractivity contribution in [2.75, 3.05) is 13.7 Å². The van der Waals surface area contributed by atoms with E-state index in [0.29, 0.717) is 28.5 Å². The summed E-state index contributed by atoms with van der Waals surface area (Å²) in [6.45, 7) is 2.04. The highest BCUT2D eigenvalue weighted by atomic mass is 35.5. The Kier molecular flexibility index (Phi) is 4.80. The second-order valence-electron chi connectivity index (χ2n) is 3.24. The van der Waals surface area contributed by atoms with E-state index in [2.05, 4.69) is 0 Å². The van der Waals surface area contributed by atoms with Gasteiger partial charge < -0.3 is 9.47 Å². The Morgan fingerprint density at radius 2 is 2.24 bits per heavy atom. The van der Waals surface area contributed by atoms with Gasteiger partial charge in [-0.05, 0) is 24.6 Å². The van der Waals surface area contributed by atoms with Gasteiger partial charge in [0.1, 0.15) is 5.75 Å². The van der Waals surface area contributed by atoms with Crippen molar-refractivity contribution in [3.8, 4) is 11.8 Å². The lowest BCUT2D eigenvalue weighted by molar-refractivity contribution is -0.142. The first-order valence-corrected chi connectivity index (χ1v) is 5.42. The van der Waals surface area contributed by atoms with E-state index in [1.54, 1.807) is 13.0 Å². The molecular weight excluding hydrogens is 242 g/mol. The van der Waals surface area contributed by atoms with Crippen molar-refractivity contribution < 1.29 is 14.3 Å². The molecule has 0 aliphatic carbocycles. The van der Waals surface area contributed by atoms with Crippen LogP contribution in [0.1, 0.15) is 18.1 Å². The van der Waals surface area contributed by atoms with Gasteiger partial charge in [0.2, 0.25) is 0 Å². The molecule has 0 fully saturated rings. The first kappa shape index (κ1) is 13.3. The molecule has 0 unspecified atom stereocenters. The van der Waals surface area contributed by atoms with E-state index in [4.69, 9.17) is 26.3 Å². The van der Waals surface area contributed by atoms with Crippen molar-refractivity contribution in [2.24, 2.45) is 0 Å². The van der Waals surface area contributed by atoms with E-state index in [9.17, 15) is 4.79 Å². The smallest absolute Gasteiger partial charge is 0.310 e. The zero-order valence-corrected chi connectivity index (χ0v) is 10.4. The topological polar surface area (TPSA) is 59.3 Å². The van der Waals surface area contributed by atoms with Gasteiger partial charge in [-0.25, -0.2) is 0 Å². The number of nitriles is 1. The Balaban J connectivity index is 3.05. The van der Waals surface area contributed by atoms with E-state index in [-0.39, 0.29) is 12.4 Å². The lowest BCUT2D eigenvalue weighted by atomic mass is 10.1. The number of esters is 1. The summed E-state index contributed by atoms with van der Waals surface area (Å²) < 4.78 is 9.86. The molecule has 0 aliphatic heterocycles. The van der Waals surface area contributed by atoms with Gasteiger partial charge in [0, 0.05) is 0 Å². The molecule has 1 aromatic carbocycles. The van der Waals surface area contributed by atoms with Crippen LogP contribution >= 0.6 is 11.6 Å². The molecular formula is C12H12ClNO3. The number of carbonyl (C=O) groups excluding carboxylic acids is 1. The Labute approximate surface area is 105 Å². The number of benzene rings is 1. The molecule has 0 amide bonds. The number of hydrogen-bond acceptors (Lipinski definition) is 4. The highest BCUT2D eigenvalue weighted by Crippen LogP contribution is 2.28.